The van der Waals surface area contributed by atoms with Gasteiger partial charge < -0.3 is 35.7 Å². The van der Waals surface area contributed by atoms with Crippen LogP contribution in [0, 0.1) is 0 Å². The minimum absolute atomic E-state index is 0.0633. The van der Waals surface area contributed by atoms with Crippen LogP contribution in [-0.4, -0.2) is 171 Å². The molecule has 1 rings (SSSR count). The largest absolute Gasteiger partial charge is 0.480 e. The zero-order chi connectivity index (χ0) is 23.4. The van der Waals surface area contributed by atoms with Crippen molar-refractivity contribution in [2.45, 2.75) is 18.4 Å². The number of rotatable bonds is 10. The molecule has 7 N–H and O–H groups in total. The zero-order valence-corrected chi connectivity index (χ0v) is 17.7. The molecule has 1 aliphatic rings. The second kappa shape index (κ2) is 14.6. The number of carboxylic acid groups (broad SMARTS) is 2. The molecule has 1 aliphatic heterocycles. The van der Waals surface area contributed by atoms with Gasteiger partial charge in [0.15, 0.2) is 6.29 Å². The van der Waals surface area contributed by atoms with E-state index < -0.39 is 43.6 Å². The van der Waals surface area contributed by atoms with Gasteiger partial charge in [-0.2, -0.15) is 0 Å². The van der Waals surface area contributed by atoms with E-state index in [2.05, 4.69) is 0 Å². The quantitative estimate of drug-likeness (QED) is 0.157. The highest BCUT2D eigenvalue weighted by molar-refractivity contribution is 5.69. The van der Waals surface area contributed by atoms with E-state index in [1.807, 2.05) is 0 Å². The lowest BCUT2D eigenvalue weighted by Crippen LogP contribution is -2.54. The summed E-state index contributed by atoms with van der Waals surface area (Å²) in [6.45, 7) is 0.940. The van der Waals surface area contributed by atoms with Crippen molar-refractivity contribution in [2.75, 3.05) is 85.2 Å². The van der Waals surface area contributed by atoms with Gasteiger partial charge >= 0.3 is 11.9 Å². The molecular formula is C18H36N4O9. The van der Waals surface area contributed by atoms with Crippen molar-refractivity contribution in [3.05, 3.63) is 0 Å². The number of aliphatic hydroxyl groups excluding tert-OH is 4. The molecule has 0 aromatic rings. The minimum Gasteiger partial charge on any atom is -0.480 e. The number of hydrogen-bond donors (Lipinski definition) is 7. The van der Waals surface area contributed by atoms with E-state index in [1.54, 1.807) is 19.6 Å². The number of carbonyl (C=O) groups is 2. The van der Waals surface area contributed by atoms with Crippen LogP contribution in [0.1, 0.15) is 0 Å². The van der Waals surface area contributed by atoms with Gasteiger partial charge in [-0.3, -0.25) is 29.2 Å². The monoisotopic (exact) mass is 452 g/mol. The molecule has 0 aliphatic carbocycles. The highest BCUT2D eigenvalue weighted by atomic mass is 16.5. The SMILES string of the molecule is O=C(O)CN1CCN(CC(=O)O)CCN([C@H](CO)[C@H](O)CO)CCN(CC(O)O)CC1. The molecule has 0 amide bonds. The Balaban J connectivity index is 3.04. The van der Waals surface area contributed by atoms with E-state index in [0.29, 0.717) is 39.3 Å². The summed E-state index contributed by atoms with van der Waals surface area (Å²) in [4.78, 5) is 29.2. The molecule has 0 aromatic heterocycles. The Morgan fingerprint density at radius 3 is 1.48 bits per heavy atom. The average molecular weight is 453 g/mol. The van der Waals surface area contributed by atoms with Gasteiger partial charge in [-0.1, -0.05) is 0 Å². The van der Waals surface area contributed by atoms with Gasteiger partial charge in [-0.15, -0.1) is 0 Å². The van der Waals surface area contributed by atoms with Crippen molar-refractivity contribution in [3.8, 4) is 0 Å². The van der Waals surface area contributed by atoms with Crippen molar-refractivity contribution in [1.29, 1.82) is 0 Å². The van der Waals surface area contributed by atoms with Gasteiger partial charge in [0.2, 0.25) is 0 Å². The highest BCUT2D eigenvalue weighted by Gasteiger charge is 2.27. The van der Waals surface area contributed by atoms with Crippen LogP contribution >= 0.6 is 0 Å². The lowest BCUT2D eigenvalue weighted by Gasteiger charge is -2.37. The Morgan fingerprint density at radius 2 is 1.10 bits per heavy atom. The summed E-state index contributed by atoms with van der Waals surface area (Å²) < 4.78 is 0. The Hall–Kier alpha value is -1.42. The van der Waals surface area contributed by atoms with Crippen molar-refractivity contribution in [3.63, 3.8) is 0 Å². The number of hydrogen-bond acceptors (Lipinski definition) is 11. The number of aliphatic hydroxyl groups is 5. The van der Waals surface area contributed by atoms with E-state index >= 15 is 0 Å². The molecule has 2 atom stereocenters. The van der Waals surface area contributed by atoms with Crippen LogP contribution in [0.15, 0.2) is 0 Å². The lowest BCUT2D eigenvalue weighted by atomic mass is 10.1. The van der Waals surface area contributed by atoms with Gasteiger partial charge in [0.05, 0.1) is 38.4 Å². The lowest BCUT2D eigenvalue weighted by molar-refractivity contribution is -0.140. The zero-order valence-electron chi connectivity index (χ0n) is 17.7. The molecule has 1 heterocycles. The molecule has 1 saturated heterocycles. The first-order valence-electron chi connectivity index (χ1n) is 10.3. The van der Waals surface area contributed by atoms with Gasteiger partial charge in [-0.05, 0) is 0 Å². The molecule has 0 radical (unpaired) electrons. The Morgan fingerprint density at radius 1 is 0.677 bits per heavy atom. The third-order valence-corrected chi connectivity index (χ3v) is 5.30. The van der Waals surface area contributed by atoms with Crippen molar-refractivity contribution in [2.24, 2.45) is 0 Å². The summed E-state index contributed by atoms with van der Waals surface area (Å²) in [5.74, 6) is -2.04. The number of aliphatic carboxylic acids is 2. The van der Waals surface area contributed by atoms with Crippen LogP contribution < -0.4 is 0 Å². The van der Waals surface area contributed by atoms with Gasteiger partial charge in [0.25, 0.3) is 0 Å². The molecule has 1 fully saturated rings. The van der Waals surface area contributed by atoms with Crippen LogP contribution in [0.25, 0.3) is 0 Å². The van der Waals surface area contributed by atoms with E-state index in [9.17, 15) is 40.2 Å². The number of nitrogens with zero attached hydrogens (tertiary/aromatic N) is 4. The molecule has 0 unspecified atom stereocenters. The summed E-state index contributed by atoms with van der Waals surface area (Å²) in [5.41, 5.74) is 0. The molecule has 0 spiro atoms. The normalized spacial score (nSPS) is 21.4. The molecule has 0 bridgehead atoms. The maximum Gasteiger partial charge on any atom is 0.317 e. The first-order valence-corrected chi connectivity index (χ1v) is 10.3. The predicted molar refractivity (Wildman–Crippen MR) is 108 cm³/mol. The third kappa shape index (κ3) is 11.1. The molecule has 182 valence electrons. The summed E-state index contributed by atoms with van der Waals surface area (Å²) >= 11 is 0. The minimum atomic E-state index is -1.59. The molecule has 0 aromatic carbocycles. The predicted octanol–water partition coefficient (Wildman–Crippen LogP) is -4.60. The Kier molecular flexibility index (Phi) is 13.0. The summed E-state index contributed by atoms with van der Waals surface area (Å²) in [5, 5.41) is 66.3. The Labute approximate surface area is 181 Å². The highest BCUT2D eigenvalue weighted by Crippen LogP contribution is 2.08. The molecule has 31 heavy (non-hydrogen) atoms. The van der Waals surface area contributed by atoms with E-state index in [4.69, 9.17) is 5.11 Å². The topological polar surface area (TPSA) is 189 Å². The van der Waals surface area contributed by atoms with Crippen LogP contribution in [0.4, 0.5) is 0 Å². The second-order valence-corrected chi connectivity index (χ2v) is 7.66. The van der Waals surface area contributed by atoms with Crippen molar-refractivity contribution < 1.29 is 45.3 Å². The summed E-state index contributed by atoms with van der Waals surface area (Å²) in [7, 11) is 0. The van der Waals surface area contributed by atoms with E-state index in [0.717, 1.165) is 0 Å². The van der Waals surface area contributed by atoms with Crippen molar-refractivity contribution in [1.82, 2.24) is 19.6 Å². The first-order chi connectivity index (χ1) is 14.7. The number of β-amino-alcohol motifs (C(OH)–C–C–N with tert-alkyl or cyclic N) is 2. The fourth-order valence-electron chi connectivity index (χ4n) is 3.60. The molecule has 13 heteroatoms. The maximum absolute atomic E-state index is 11.2. The Bertz CT molecular complexity index is 540. The van der Waals surface area contributed by atoms with Crippen LogP contribution in [0.3, 0.4) is 0 Å². The number of carboxylic acids is 2. The van der Waals surface area contributed by atoms with Gasteiger partial charge in [-0.25, -0.2) is 0 Å². The van der Waals surface area contributed by atoms with E-state index in [1.165, 1.54) is 0 Å². The molecule has 0 saturated carbocycles. The summed E-state index contributed by atoms with van der Waals surface area (Å²) in [6.07, 6.45) is -2.79. The van der Waals surface area contributed by atoms with Gasteiger partial charge in [0, 0.05) is 58.9 Å². The molecule has 13 nitrogen and oxygen atoms in total. The van der Waals surface area contributed by atoms with Gasteiger partial charge in [0.1, 0.15) is 0 Å². The fraction of sp³-hybridized carbons (Fsp3) is 0.889. The van der Waals surface area contributed by atoms with E-state index in [-0.39, 0.29) is 32.7 Å². The van der Waals surface area contributed by atoms with Crippen LogP contribution in [0.2, 0.25) is 0 Å². The average Bonchev–Trinajstić information content (AvgIpc) is 2.68. The molecular weight excluding hydrogens is 416 g/mol. The van der Waals surface area contributed by atoms with Crippen LogP contribution in [-0.2, 0) is 9.59 Å². The fourth-order valence-corrected chi connectivity index (χ4v) is 3.60. The smallest absolute Gasteiger partial charge is 0.317 e. The third-order valence-electron chi connectivity index (χ3n) is 5.30. The van der Waals surface area contributed by atoms with Crippen molar-refractivity contribution >= 4 is 11.9 Å². The first kappa shape index (κ1) is 27.6. The second-order valence-electron chi connectivity index (χ2n) is 7.66. The standard InChI is InChI=1S/C18H36N4O9/c23-12-14(15(25)13-24)22-7-5-20(10-17(28)29)3-1-19(9-16(26)27)2-4-21(6-8-22)11-18(30)31/h14-15,17,23-25,28-29H,1-13H2,(H,26,27)(H,30,31)/t14-,15-/m1/s1. The maximum atomic E-state index is 11.2. The van der Waals surface area contributed by atoms with Crippen LogP contribution in [0.5, 0.6) is 0 Å². The summed E-state index contributed by atoms with van der Waals surface area (Å²) in [6, 6.07) is -0.774.